The van der Waals surface area contributed by atoms with E-state index in [4.69, 9.17) is 38.0 Å². The summed E-state index contributed by atoms with van der Waals surface area (Å²) < 4.78 is 17.9. The molecule has 3 rings (SSSR count). The molecule has 1 aliphatic heterocycles. The molecule has 10 heteroatoms. The lowest BCUT2D eigenvalue weighted by Crippen LogP contribution is -2.39. The van der Waals surface area contributed by atoms with Crippen LogP contribution in [-0.4, -0.2) is 41.2 Å². The lowest BCUT2D eigenvalue weighted by atomic mass is 10.2. The van der Waals surface area contributed by atoms with E-state index in [0.717, 1.165) is 11.4 Å². The van der Waals surface area contributed by atoms with Gasteiger partial charge >= 0.3 is 5.97 Å². The number of aryl methyl sites for hydroxylation is 2. The van der Waals surface area contributed by atoms with Crippen LogP contribution in [0.25, 0.3) is 6.08 Å². The van der Waals surface area contributed by atoms with Gasteiger partial charge in [-0.3, -0.25) is 9.47 Å². The van der Waals surface area contributed by atoms with Gasteiger partial charge in [0.2, 0.25) is 0 Å². The first-order chi connectivity index (χ1) is 14.8. The van der Waals surface area contributed by atoms with Crippen molar-refractivity contribution in [1.82, 2.24) is 4.68 Å². The Kier molecular flexibility index (Phi) is 7.30. The highest BCUT2D eigenvalue weighted by Gasteiger charge is 2.34. The number of hydrogen-bond acceptors (Lipinski definition) is 7. The normalized spacial score (nSPS) is 15.0. The molecule has 1 aliphatic rings. The van der Waals surface area contributed by atoms with Gasteiger partial charge in [-0.15, -0.1) is 0 Å². The number of carbonyl (C=O) groups is 2. The largest absolute Gasteiger partial charge is 0.493 e. The molecule has 0 aliphatic carbocycles. The van der Waals surface area contributed by atoms with E-state index in [1.165, 1.54) is 23.9 Å². The molecule has 0 saturated carbocycles. The second-order valence-corrected chi connectivity index (χ2v) is 8.63. The molecule has 0 N–H and O–H groups in total. The summed E-state index contributed by atoms with van der Waals surface area (Å²) in [5, 5.41) is 1.72. The maximum absolute atomic E-state index is 13.1. The smallest absolute Gasteiger partial charge is 0.344 e. The summed E-state index contributed by atoms with van der Waals surface area (Å²) >= 11 is 13.0. The maximum atomic E-state index is 13.1. The number of methoxy groups -OCH3 is 1. The molecule has 1 amide bonds. The Balaban J connectivity index is 1.88. The van der Waals surface area contributed by atoms with Crippen LogP contribution in [0, 0.1) is 13.8 Å². The van der Waals surface area contributed by atoms with Crippen LogP contribution < -0.4 is 14.5 Å². The number of esters is 1. The van der Waals surface area contributed by atoms with Crippen LogP contribution in [0.5, 0.6) is 11.5 Å². The van der Waals surface area contributed by atoms with E-state index in [1.54, 1.807) is 29.8 Å². The van der Waals surface area contributed by atoms with Crippen molar-refractivity contribution in [2.45, 2.75) is 20.8 Å². The molecule has 2 aromatic rings. The molecule has 2 heterocycles. The number of thioether (sulfide) groups is 1. The van der Waals surface area contributed by atoms with Crippen LogP contribution >= 0.6 is 35.6 Å². The molecule has 0 bridgehead atoms. The zero-order valence-electron chi connectivity index (χ0n) is 17.4. The first kappa shape index (κ1) is 23.2. The molecule has 7 nitrogen and oxygen atoms in total. The number of carbonyl (C=O) groups excluding carboxylic acids is 2. The first-order valence-corrected chi connectivity index (χ1v) is 11.0. The van der Waals surface area contributed by atoms with Crippen molar-refractivity contribution in [1.29, 1.82) is 0 Å². The Labute approximate surface area is 194 Å². The van der Waals surface area contributed by atoms with E-state index in [-0.39, 0.29) is 29.9 Å². The molecular weight excluding hydrogens is 460 g/mol. The van der Waals surface area contributed by atoms with Crippen molar-refractivity contribution in [2.24, 2.45) is 0 Å². The van der Waals surface area contributed by atoms with Crippen LogP contribution in [0.2, 0.25) is 5.02 Å². The third-order valence-corrected chi connectivity index (χ3v) is 5.96. The van der Waals surface area contributed by atoms with Gasteiger partial charge in [0.05, 0.1) is 23.6 Å². The van der Waals surface area contributed by atoms with Gasteiger partial charge in [0.15, 0.2) is 22.4 Å². The summed E-state index contributed by atoms with van der Waals surface area (Å²) in [6.45, 7) is 5.50. The van der Waals surface area contributed by atoms with Crippen LogP contribution in [0.3, 0.4) is 0 Å². The topological polar surface area (TPSA) is 70.0 Å². The fraction of sp³-hybridized carbons (Fsp3) is 0.286. The molecule has 1 aromatic heterocycles. The molecular formula is C21H21ClN2O5S2. The highest BCUT2D eigenvalue weighted by molar-refractivity contribution is 8.27. The minimum Gasteiger partial charge on any atom is -0.493 e. The van der Waals surface area contributed by atoms with E-state index >= 15 is 0 Å². The van der Waals surface area contributed by atoms with Crippen molar-refractivity contribution < 1.29 is 23.8 Å². The fourth-order valence-corrected chi connectivity index (χ4v) is 4.57. The lowest BCUT2D eigenvalue weighted by molar-refractivity contribution is -0.145. The Bertz CT molecular complexity index is 1060. The Morgan fingerprint density at radius 1 is 1.26 bits per heavy atom. The summed E-state index contributed by atoms with van der Waals surface area (Å²) in [5.74, 6) is -0.185. The molecule has 1 aromatic carbocycles. The van der Waals surface area contributed by atoms with Gasteiger partial charge in [-0.25, -0.2) is 4.79 Å². The quantitative estimate of drug-likeness (QED) is 0.333. The van der Waals surface area contributed by atoms with Crippen LogP contribution in [-0.2, 0) is 14.3 Å². The molecule has 0 unspecified atom stereocenters. The van der Waals surface area contributed by atoms with Gasteiger partial charge in [0, 0.05) is 11.4 Å². The predicted molar refractivity (Wildman–Crippen MR) is 125 cm³/mol. The summed E-state index contributed by atoms with van der Waals surface area (Å²) in [6.07, 6.45) is 1.69. The Morgan fingerprint density at radius 3 is 2.55 bits per heavy atom. The number of hydrogen-bond donors (Lipinski definition) is 0. The molecule has 164 valence electrons. The lowest BCUT2D eigenvalue weighted by Gasteiger charge is -2.20. The van der Waals surface area contributed by atoms with Gasteiger partial charge in [0.25, 0.3) is 5.91 Å². The molecule has 1 fully saturated rings. The standard InChI is InChI=1S/C21H21ClN2O5S2/c1-5-28-18(25)11-29-19-15(22)8-14(9-16(19)27-4)10-17-20(26)24(21(30)31-17)23-12(2)6-7-13(23)3/h6-10H,5,11H2,1-4H3/b17-10-. The van der Waals surface area contributed by atoms with Gasteiger partial charge < -0.3 is 14.2 Å². The van der Waals surface area contributed by atoms with Gasteiger partial charge in [-0.1, -0.05) is 23.4 Å². The van der Waals surface area contributed by atoms with E-state index in [1.807, 2.05) is 26.0 Å². The first-order valence-electron chi connectivity index (χ1n) is 9.36. The average Bonchev–Trinajstić information content (AvgIpc) is 3.18. The van der Waals surface area contributed by atoms with Crippen molar-refractivity contribution in [3.63, 3.8) is 0 Å². The summed E-state index contributed by atoms with van der Waals surface area (Å²) in [4.78, 5) is 25.1. The highest BCUT2D eigenvalue weighted by atomic mass is 35.5. The predicted octanol–water partition coefficient (Wildman–Crippen LogP) is 4.25. The van der Waals surface area contributed by atoms with Gasteiger partial charge in [-0.05, 0) is 68.9 Å². The summed E-state index contributed by atoms with van der Waals surface area (Å²) in [5.41, 5.74) is 2.44. The maximum Gasteiger partial charge on any atom is 0.344 e. The molecule has 31 heavy (non-hydrogen) atoms. The van der Waals surface area contributed by atoms with Gasteiger partial charge in [-0.2, -0.15) is 5.01 Å². The van der Waals surface area contributed by atoms with E-state index in [2.05, 4.69) is 0 Å². The van der Waals surface area contributed by atoms with Crippen LogP contribution in [0.15, 0.2) is 29.2 Å². The number of benzene rings is 1. The number of thiocarbonyl (C=S) groups is 1. The third-order valence-electron chi connectivity index (χ3n) is 4.40. The second kappa shape index (κ2) is 9.76. The van der Waals surface area contributed by atoms with E-state index in [0.29, 0.717) is 20.5 Å². The SMILES string of the molecule is CCOC(=O)COc1c(Cl)cc(/C=C2\SC(=S)N(n3c(C)ccc3C)C2=O)cc1OC. The molecule has 1 saturated heterocycles. The molecule has 0 atom stereocenters. The van der Waals surface area contributed by atoms with Crippen molar-refractivity contribution in [3.05, 3.63) is 51.1 Å². The molecule has 0 radical (unpaired) electrons. The summed E-state index contributed by atoms with van der Waals surface area (Å²) in [7, 11) is 1.46. The minimum atomic E-state index is -0.510. The summed E-state index contributed by atoms with van der Waals surface area (Å²) in [6, 6.07) is 7.16. The number of ether oxygens (including phenoxy) is 3. The zero-order chi connectivity index (χ0) is 22.7. The monoisotopic (exact) mass is 480 g/mol. The van der Waals surface area contributed by atoms with Gasteiger partial charge in [0.1, 0.15) is 0 Å². The Morgan fingerprint density at radius 2 is 1.94 bits per heavy atom. The van der Waals surface area contributed by atoms with Crippen molar-refractivity contribution in [2.75, 3.05) is 25.3 Å². The number of rotatable bonds is 7. The number of nitrogens with zero attached hydrogens (tertiary/aromatic N) is 2. The fourth-order valence-electron chi connectivity index (χ4n) is 3.06. The highest BCUT2D eigenvalue weighted by Crippen LogP contribution is 2.39. The zero-order valence-corrected chi connectivity index (χ0v) is 19.8. The van der Waals surface area contributed by atoms with E-state index < -0.39 is 5.97 Å². The third kappa shape index (κ3) is 4.89. The van der Waals surface area contributed by atoms with Crippen LogP contribution in [0.4, 0.5) is 0 Å². The number of amides is 1. The minimum absolute atomic E-state index is 0.223. The number of halogens is 1. The number of aromatic nitrogens is 1. The van der Waals surface area contributed by atoms with Crippen molar-refractivity contribution >= 4 is 57.9 Å². The second-order valence-electron chi connectivity index (χ2n) is 6.55. The van der Waals surface area contributed by atoms with Crippen LogP contribution in [0.1, 0.15) is 23.9 Å². The van der Waals surface area contributed by atoms with Crippen molar-refractivity contribution in [3.8, 4) is 11.5 Å². The Hall–Kier alpha value is -2.49. The average molecular weight is 481 g/mol. The van der Waals surface area contributed by atoms with E-state index in [9.17, 15) is 9.59 Å². The molecule has 0 spiro atoms.